The molecule has 0 spiro atoms. The summed E-state index contributed by atoms with van der Waals surface area (Å²) in [4.78, 5) is 14.7. The van der Waals surface area contributed by atoms with Crippen molar-refractivity contribution in [1.29, 1.82) is 5.26 Å². The van der Waals surface area contributed by atoms with Crippen molar-refractivity contribution < 1.29 is 22.1 Å². The number of amides is 1. The van der Waals surface area contributed by atoms with Crippen LogP contribution >= 0.6 is 0 Å². The van der Waals surface area contributed by atoms with E-state index in [2.05, 4.69) is 11.4 Å². The van der Waals surface area contributed by atoms with Gasteiger partial charge in [0.1, 0.15) is 22.4 Å². The van der Waals surface area contributed by atoms with Crippen molar-refractivity contribution in [2.75, 3.05) is 20.2 Å². The van der Waals surface area contributed by atoms with Crippen molar-refractivity contribution in [3.63, 3.8) is 0 Å². The van der Waals surface area contributed by atoms with E-state index in [0.717, 1.165) is 17.5 Å². The van der Waals surface area contributed by atoms with E-state index in [1.54, 1.807) is 42.3 Å². The van der Waals surface area contributed by atoms with Crippen LogP contribution in [0.4, 0.5) is 0 Å². The van der Waals surface area contributed by atoms with Crippen LogP contribution in [0.5, 0.6) is 11.5 Å². The fraction of sp³-hybridized carbons (Fsp3) is 0.417. The van der Waals surface area contributed by atoms with E-state index < -0.39 is 16.2 Å². The van der Waals surface area contributed by atoms with Crippen LogP contribution in [0.1, 0.15) is 36.3 Å². The fourth-order valence-electron chi connectivity index (χ4n) is 4.49. The van der Waals surface area contributed by atoms with Crippen LogP contribution in [0, 0.1) is 18.3 Å². The Morgan fingerprint density at radius 3 is 2.67 bits per heavy atom. The molecule has 2 aromatic carbocycles. The number of ether oxygens (including phenoxy) is 1. The number of nitriles is 1. The minimum absolute atomic E-state index is 0.0603. The molecule has 0 unspecified atom stereocenters. The first-order valence-corrected chi connectivity index (χ1v) is 12.4. The maximum Gasteiger partial charge on any atom is 0.339 e. The second kappa shape index (κ2) is 9.41. The Kier molecular flexibility index (Phi) is 6.58. The number of likely N-dealkylation sites (tertiary alicyclic amines) is 1. The smallest absolute Gasteiger partial charge is 0.339 e. The zero-order valence-electron chi connectivity index (χ0n) is 18.7. The maximum absolute atomic E-state index is 13.0. The molecule has 2 aliphatic rings. The summed E-state index contributed by atoms with van der Waals surface area (Å²) in [5.74, 6) is 0.661. The first-order valence-electron chi connectivity index (χ1n) is 10.9. The molecule has 3 atom stereocenters. The molecule has 2 saturated heterocycles. The van der Waals surface area contributed by atoms with E-state index in [1.165, 1.54) is 12.1 Å². The van der Waals surface area contributed by atoms with Crippen molar-refractivity contribution in [2.45, 2.75) is 49.1 Å². The summed E-state index contributed by atoms with van der Waals surface area (Å²) in [5.41, 5.74) is 1.73. The molecule has 0 saturated carbocycles. The zero-order chi connectivity index (χ0) is 23.6. The number of carbonyl (C=O) groups excluding carboxylic acids is 1. The van der Waals surface area contributed by atoms with Gasteiger partial charge < -0.3 is 19.1 Å². The summed E-state index contributed by atoms with van der Waals surface area (Å²) in [6.07, 6.45) is 2.07. The highest BCUT2D eigenvalue weighted by Crippen LogP contribution is 2.36. The number of nitrogens with zero attached hydrogens (tertiary/aromatic N) is 2. The number of nitrogens with one attached hydrogen (secondary N) is 1. The summed E-state index contributed by atoms with van der Waals surface area (Å²) in [7, 11) is -2.43. The topological polar surface area (TPSA) is 109 Å². The molecule has 1 amide bonds. The van der Waals surface area contributed by atoms with E-state index in [0.29, 0.717) is 31.7 Å². The van der Waals surface area contributed by atoms with E-state index in [9.17, 15) is 18.5 Å². The van der Waals surface area contributed by atoms with Gasteiger partial charge in [0.2, 0.25) is 5.91 Å². The van der Waals surface area contributed by atoms with Gasteiger partial charge in [-0.1, -0.05) is 17.7 Å². The highest BCUT2D eigenvalue weighted by Gasteiger charge is 2.38. The predicted molar refractivity (Wildman–Crippen MR) is 121 cm³/mol. The predicted octanol–water partition coefficient (Wildman–Crippen LogP) is 2.73. The number of carbonyl (C=O) groups is 1. The molecule has 174 valence electrons. The highest BCUT2D eigenvalue weighted by molar-refractivity contribution is 7.87. The fourth-order valence-corrected chi connectivity index (χ4v) is 5.41. The van der Waals surface area contributed by atoms with Crippen molar-refractivity contribution >= 4 is 16.0 Å². The molecule has 2 aromatic rings. The van der Waals surface area contributed by atoms with Crippen molar-refractivity contribution in [3.05, 3.63) is 53.6 Å². The van der Waals surface area contributed by atoms with Gasteiger partial charge in [0.15, 0.2) is 0 Å². The van der Waals surface area contributed by atoms with Crippen molar-refractivity contribution in [2.24, 2.45) is 0 Å². The molecular weight excluding hydrogens is 442 g/mol. The Bertz CT molecular complexity index is 1170. The minimum atomic E-state index is -3.98. The Morgan fingerprint density at radius 2 is 1.97 bits per heavy atom. The molecule has 2 heterocycles. The van der Waals surface area contributed by atoms with E-state index in [4.69, 9.17) is 8.92 Å². The van der Waals surface area contributed by atoms with E-state index >= 15 is 0 Å². The second-order valence-corrected chi connectivity index (χ2v) is 10.0. The minimum Gasteiger partial charge on any atom is -0.496 e. The van der Waals surface area contributed by atoms with Crippen LogP contribution in [0.25, 0.3) is 0 Å². The summed E-state index contributed by atoms with van der Waals surface area (Å²) in [5, 5.41) is 12.6. The number of aryl methyl sites for hydroxylation is 1. The van der Waals surface area contributed by atoms with Gasteiger partial charge in [0.25, 0.3) is 0 Å². The molecule has 2 fully saturated rings. The Morgan fingerprint density at radius 1 is 1.21 bits per heavy atom. The van der Waals surface area contributed by atoms with Gasteiger partial charge in [-0.25, -0.2) is 0 Å². The summed E-state index contributed by atoms with van der Waals surface area (Å²) in [6.45, 7) is 3.01. The molecule has 0 radical (unpaired) electrons. The third kappa shape index (κ3) is 4.82. The SMILES string of the molecule is COc1ccc(OS(=O)(=O)c2ccc(C)cc2)cc1[C@@H]1CN[C@H](C(=O)N2CCC[C@H]2C#N)C1. The lowest BCUT2D eigenvalue weighted by atomic mass is 9.94. The van der Waals surface area contributed by atoms with E-state index in [-0.39, 0.29) is 28.5 Å². The molecule has 2 aliphatic heterocycles. The Labute approximate surface area is 194 Å². The second-order valence-electron chi connectivity index (χ2n) is 8.47. The Hall–Kier alpha value is -3.09. The Balaban J connectivity index is 1.52. The first-order chi connectivity index (χ1) is 15.8. The molecular formula is C24H27N3O5S. The normalized spacial score (nSPS) is 22.7. The van der Waals surface area contributed by atoms with Gasteiger partial charge >= 0.3 is 10.1 Å². The van der Waals surface area contributed by atoms with Crippen LogP contribution in [-0.2, 0) is 14.9 Å². The lowest BCUT2D eigenvalue weighted by Crippen LogP contribution is -2.45. The summed E-state index contributed by atoms with van der Waals surface area (Å²) < 4.78 is 36.3. The zero-order valence-corrected chi connectivity index (χ0v) is 19.5. The van der Waals surface area contributed by atoms with Gasteiger partial charge in [-0.05, 0) is 56.5 Å². The van der Waals surface area contributed by atoms with Crippen LogP contribution in [0.2, 0.25) is 0 Å². The molecule has 8 nitrogen and oxygen atoms in total. The van der Waals surface area contributed by atoms with Gasteiger partial charge in [-0.2, -0.15) is 13.7 Å². The average Bonchev–Trinajstić information content (AvgIpc) is 3.48. The van der Waals surface area contributed by atoms with Crippen LogP contribution in [0.3, 0.4) is 0 Å². The van der Waals surface area contributed by atoms with Gasteiger partial charge in [0.05, 0.1) is 19.2 Å². The number of benzene rings is 2. The largest absolute Gasteiger partial charge is 0.496 e. The summed E-state index contributed by atoms with van der Waals surface area (Å²) >= 11 is 0. The quantitative estimate of drug-likeness (QED) is 0.648. The standard InChI is InChI=1S/C24H27N3O5S/c1-16-5-8-20(9-6-16)33(29,30)32-19-7-10-23(31-2)21(13-19)17-12-22(26-15-17)24(28)27-11-3-4-18(27)14-25/h5-10,13,17-18,22,26H,3-4,11-12,15H2,1-2H3/t17-,18-,22-/m0/s1. The van der Waals surface area contributed by atoms with Crippen LogP contribution < -0.4 is 14.2 Å². The molecule has 4 rings (SSSR count). The van der Waals surface area contributed by atoms with Crippen molar-refractivity contribution in [3.8, 4) is 17.6 Å². The molecule has 0 aromatic heterocycles. The maximum atomic E-state index is 13.0. The molecule has 33 heavy (non-hydrogen) atoms. The number of hydrogen-bond acceptors (Lipinski definition) is 7. The summed E-state index contributed by atoms with van der Waals surface area (Å²) in [6, 6.07) is 12.8. The molecule has 0 aliphatic carbocycles. The molecule has 9 heteroatoms. The number of methoxy groups -OCH3 is 1. The molecule has 1 N–H and O–H groups in total. The van der Waals surface area contributed by atoms with Gasteiger partial charge in [0, 0.05) is 24.6 Å². The lowest BCUT2D eigenvalue weighted by molar-refractivity contribution is -0.133. The van der Waals surface area contributed by atoms with Crippen LogP contribution in [0.15, 0.2) is 47.4 Å². The number of rotatable bonds is 6. The van der Waals surface area contributed by atoms with Crippen molar-refractivity contribution in [1.82, 2.24) is 10.2 Å². The lowest BCUT2D eigenvalue weighted by Gasteiger charge is -2.23. The van der Waals surface area contributed by atoms with Gasteiger partial charge in [-0.15, -0.1) is 0 Å². The number of hydrogen-bond donors (Lipinski definition) is 1. The monoisotopic (exact) mass is 469 g/mol. The van der Waals surface area contributed by atoms with Gasteiger partial charge in [-0.3, -0.25) is 4.79 Å². The molecule has 0 bridgehead atoms. The third-order valence-electron chi connectivity index (χ3n) is 6.27. The third-order valence-corrected chi connectivity index (χ3v) is 7.53. The van der Waals surface area contributed by atoms with E-state index in [1.807, 2.05) is 6.92 Å². The van der Waals surface area contributed by atoms with Crippen LogP contribution in [-0.4, -0.2) is 51.5 Å². The average molecular weight is 470 g/mol. The highest BCUT2D eigenvalue weighted by atomic mass is 32.2. The first kappa shape index (κ1) is 23.1.